The van der Waals surface area contributed by atoms with Crippen LogP contribution in [-0.4, -0.2) is 48.1 Å². The number of benzene rings is 3. The molecule has 3 rings (SSSR count). The van der Waals surface area contributed by atoms with Gasteiger partial charge in [0.25, 0.3) is 5.91 Å². The van der Waals surface area contributed by atoms with E-state index in [9.17, 15) is 14.4 Å². The number of nitrogens with one attached hydrogen (secondary N) is 2. The molecule has 0 aliphatic heterocycles. The molecule has 3 amide bonds. The van der Waals surface area contributed by atoms with Crippen LogP contribution in [0.4, 0.5) is 10.5 Å². The summed E-state index contributed by atoms with van der Waals surface area (Å²) in [6.45, 7) is 9.67. The van der Waals surface area contributed by atoms with Gasteiger partial charge in [-0.1, -0.05) is 74.4 Å². The molecule has 2 unspecified atom stereocenters. The molecule has 0 saturated carbocycles. The van der Waals surface area contributed by atoms with Gasteiger partial charge in [-0.05, 0) is 75.1 Å². The molecular weight excluding hydrogens is 542 g/mol. The molecule has 8 heteroatoms. The number of nitrogens with zero attached hydrogens (tertiary/aromatic N) is 1. The number of alkyl carbamates (subject to hydrolysis) is 1. The van der Waals surface area contributed by atoms with Crippen LogP contribution in [0.25, 0.3) is 0 Å². The number of carbonyl (C=O) groups excluding carboxylic acids is 3. The van der Waals surface area contributed by atoms with E-state index in [-0.39, 0.29) is 18.2 Å². The van der Waals surface area contributed by atoms with Crippen molar-refractivity contribution in [2.75, 3.05) is 19.0 Å². The highest BCUT2D eigenvalue weighted by molar-refractivity contribution is 5.99. The van der Waals surface area contributed by atoms with E-state index in [4.69, 9.17) is 9.47 Å². The quantitative estimate of drug-likeness (QED) is 0.214. The van der Waals surface area contributed by atoms with E-state index in [1.165, 1.54) is 0 Å². The van der Waals surface area contributed by atoms with Crippen LogP contribution in [0.15, 0.2) is 78.9 Å². The van der Waals surface area contributed by atoms with Gasteiger partial charge in [0.2, 0.25) is 5.91 Å². The highest BCUT2D eigenvalue weighted by Gasteiger charge is 2.37. The fourth-order valence-electron chi connectivity index (χ4n) is 4.83. The predicted octanol–water partition coefficient (Wildman–Crippen LogP) is 6.84. The van der Waals surface area contributed by atoms with E-state index in [0.29, 0.717) is 30.0 Å². The molecule has 43 heavy (non-hydrogen) atoms. The molecule has 8 nitrogen and oxygen atoms in total. The fourth-order valence-corrected chi connectivity index (χ4v) is 4.83. The van der Waals surface area contributed by atoms with E-state index < -0.39 is 23.8 Å². The van der Waals surface area contributed by atoms with Crippen molar-refractivity contribution < 1.29 is 23.9 Å². The standard InChI is InChI=1S/C35H45N3O5/c1-7-8-14-23-38(33(40)30(24-26-16-10-9-11-17-26)37-34(41)43-35(3,4)5)31(29-18-13-12-15-25(29)2)32(39)36-27-19-21-28(42-6)22-20-27/h9-13,15-22,30-31H,7-8,14,23-24H2,1-6H3,(H,36,39)(H,37,41). The predicted molar refractivity (Wildman–Crippen MR) is 170 cm³/mol. The Morgan fingerprint density at radius 2 is 1.53 bits per heavy atom. The van der Waals surface area contributed by atoms with Gasteiger partial charge < -0.3 is 25.0 Å². The summed E-state index contributed by atoms with van der Waals surface area (Å²) in [5, 5.41) is 5.82. The number of anilines is 1. The van der Waals surface area contributed by atoms with Gasteiger partial charge in [0.05, 0.1) is 7.11 Å². The van der Waals surface area contributed by atoms with Crippen LogP contribution >= 0.6 is 0 Å². The van der Waals surface area contributed by atoms with E-state index in [1.54, 1.807) is 57.0 Å². The third-order valence-electron chi connectivity index (χ3n) is 6.96. The van der Waals surface area contributed by atoms with Crippen LogP contribution in [0, 0.1) is 6.92 Å². The minimum absolute atomic E-state index is 0.240. The van der Waals surface area contributed by atoms with Crippen LogP contribution in [0.5, 0.6) is 5.75 Å². The third-order valence-corrected chi connectivity index (χ3v) is 6.96. The van der Waals surface area contributed by atoms with Crippen LogP contribution < -0.4 is 15.4 Å². The number of hydrogen-bond acceptors (Lipinski definition) is 5. The van der Waals surface area contributed by atoms with Gasteiger partial charge in [-0.2, -0.15) is 0 Å². The Labute approximate surface area is 255 Å². The summed E-state index contributed by atoms with van der Waals surface area (Å²) >= 11 is 0. The van der Waals surface area contributed by atoms with E-state index in [1.807, 2.05) is 61.5 Å². The largest absolute Gasteiger partial charge is 0.497 e. The average Bonchev–Trinajstić information content (AvgIpc) is 2.97. The Balaban J connectivity index is 2.06. The second kappa shape index (κ2) is 15.8. The third kappa shape index (κ3) is 10.2. The molecule has 230 valence electrons. The van der Waals surface area contributed by atoms with Crippen molar-refractivity contribution in [3.05, 3.63) is 95.6 Å². The summed E-state index contributed by atoms with van der Waals surface area (Å²) in [5.41, 5.74) is 2.31. The Morgan fingerprint density at radius 1 is 0.884 bits per heavy atom. The normalized spacial score (nSPS) is 12.5. The van der Waals surface area contributed by atoms with Crippen molar-refractivity contribution >= 4 is 23.6 Å². The van der Waals surface area contributed by atoms with Gasteiger partial charge in [-0.3, -0.25) is 9.59 Å². The highest BCUT2D eigenvalue weighted by atomic mass is 16.6. The van der Waals surface area contributed by atoms with Gasteiger partial charge >= 0.3 is 6.09 Å². The molecule has 0 radical (unpaired) electrons. The number of aryl methyl sites for hydroxylation is 1. The van der Waals surface area contributed by atoms with Crippen LogP contribution in [0.3, 0.4) is 0 Å². The number of rotatable bonds is 13. The van der Waals surface area contributed by atoms with Crippen molar-refractivity contribution in [1.82, 2.24) is 10.2 Å². The lowest BCUT2D eigenvalue weighted by molar-refractivity contribution is -0.140. The number of hydrogen-bond donors (Lipinski definition) is 2. The first-order valence-corrected chi connectivity index (χ1v) is 14.9. The van der Waals surface area contributed by atoms with Gasteiger partial charge in [-0.25, -0.2) is 4.79 Å². The smallest absolute Gasteiger partial charge is 0.408 e. The highest BCUT2D eigenvalue weighted by Crippen LogP contribution is 2.28. The molecule has 0 aromatic heterocycles. The maximum Gasteiger partial charge on any atom is 0.408 e. The molecule has 0 aliphatic rings. The topological polar surface area (TPSA) is 97.0 Å². The zero-order valence-electron chi connectivity index (χ0n) is 26.2. The number of methoxy groups -OCH3 is 1. The Kier molecular flexibility index (Phi) is 12.2. The Hall–Kier alpha value is -4.33. The Bertz CT molecular complexity index is 1340. The summed E-state index contributed by atoms with van der Waals surface area (Å²) in [6.07, 6.45) is 2.08. The van der Waals surface area contributed by atoms with Gasteiger partial charge in [-0.15, -0.1) is 0 Å². The summed E-state index contributed by atoms with van der Waals surface area (Å²) in [4.78, 5) is 43.3. The molecule has 3 aromatic carbocycles. The van der Waals surface area contributed by atoms with Crippen LogP contribution in [-0.2, 0) is 20.7 Å². The minimum atomic E-state index is -0.959. The number of ether oxygens (including phenoxy) is 2. The lowest BCUT2D eigenvalue weighted by atomic mass is 9.96. The van der Waals surface area contributed by atoms with E-state index >= 15 is 0 Å². The maximum absolute atomic E-state index is 14.6. The maximum atomic E-state index is 14.6. The molecule has 0 saturated heterocycles. The summed E-state index contributed by atoms with van der Waals surface area (Å²) < 4.78 is 10.8. The van der Waals surface area contributed by atoms with Crippen LogP contribution in [0.2, 0.25) is 0 Å². The van der Waals surface area contributed by atoms with Crippen molar-refractivity contribution in [3.63, 3.8) is 0 Å². The lowest BCUT2D eigenvalue weighted by Gasteiger charge is -2.35. The molecule has 0 heterocycles. The van der Waals surface area contributed by atoms with Crippen molar-refractivity contribution in [2.24, 2.45) is 0 Å². The molecule has 0 aliphatic carbocycles. The fraction of sp³-hybridized carbons (Fsp3) is 0.400. The SMILES string of the molecule is CCCCCN(C(=O)C(Cc1ccccc1)NC(=O)OC(C)(C)C)C(C(=O)Nc1ccc(OC)cc1)c1ccccc1C. The zero-order chi connectivity index (χ0) is 31.4. The van der Waals surface area contributed by atoms with Gasteiger partial charge in [0.15, 0.2) is 0 Å². The summed E-state index contributed by atoms with van der Waals surface area (Å²) in [7, 11) is 1.58. The molecule has 2 atom stereocenters. The summed E-state index contributed by atoms with van der Waals surface area (Å²) in [6, 6.07) is 22.2. The van der Waals surface area contributed by atoms with Gasteiger partial charge in [0, 0.05) is 18.7 Å². The van der Waals surface area contributed by atoms with Crippen molar-refractivity contribution in [3.8, 4) is 5.75 Å². The van der Waals surface area contributed by atoms with E-state index in [0.717, 1.165) is 24.0 Å². The van der Waals surface area contributed by atoms with E-state index in [2.05, 4.69) is 17.6 Å². The second-order valence-corrected chi connectivity index (χ2v) is 11.6. The minimum Gasteiger partial charge on any atom is -0.497 e. The van der Waals surface area contributed by atoms with Gasteiger partial charge in [0.1, 0.15) is 23.4 Å². The Morgan fingerprint density at radius 3 is 2.14 bits per heavy atom. The number of carbonyl (C=O) groups is 3. The average molecular weight is 588 g/mol. The zero-order valence-corrected chi connectivity index (χ0v) is 26.2. The first-order valence-electron chi connectivity index (χ1n) is 14.9. The second-order valence-electron chi connectivity index (χ2n) is 11.6. The first kappa shape index (κ1) is 33.2. The van der Waals surface area contributed by atoms with Crippen molar-refractivity contribution in [1.29, 1.82) is 0 Å². The van der Waals surface area contributed by atoms with Crippen LogP contribution in [0.1, 0.15) is 69.7 Å². The molecule has 0 spiro atoms. The first-order chi connectivity index (χ1) is 20.5. The lowest BCUT2D eigenvalue weighted by Crippen LogP contribution is -2.53. The van der Waals surface area contributed by atoms with Crippen molar-refractivity contribution in [2.45, 2.75) is 78.0 Å². The number of amides is 3. The monoisotopic (exact) mass is 587 g/mol. The molecule has 3 aromatic rings. The molecule has 0 bridgehead atoms. The molecule has 0 fully saturated rings. The molecular formula is C35H45N3O5. The number of unbranched alkanes of at least 4 members (excludes halogenated alkanes) is 2. The summed E-state index contributed by atoms with van der Waals surface area (Å²) in [5.74, 6) is -0.0363. The molecule has 2 N–H and O–H groups in total.